The number of hydrogen-bond donors (Lipinski definition) is 2. The molecule has 4 heteroatoms. The van der Waals surface area contributed by atoms with Crippen molar-refractivity contribution in [2.24, 2.45) is 5.73 Å². The first-order valence-corrected chi connectivity index (χ1v) is 4.26. The van der Waals surface area contributed by atoms with Gasteiger partial charge in [-0.15, -0.1) is 0 Å². The first-order valence-electron chi connectivity index (χ1n) is 4.26. The monoisotopic (exact) mass is 171 g/mol. The third kappa shape index (κ3) is 2.79. The fourth-order valence-corrected chi connectivity index (χ4v) is 1.30. The quantitative estimate of drug-likeness (QED) is 0.569. The Morgan fingerprint density at radius 1 is 1.67 bits per heavy atom. The summed E-state index contributed by atoms with van der Waals surface area (Å²) in [5.74, 6) is 0.153. The number of piperazine rings is 1. The molecule has 0 spiro atoms. The van der Waals surface area contributed by atoms with E-state index in [2.05, 4.69) is 5.32 Å². The molecule has 0 aliphatic carbocycles. The van der Waals surface area contributed by atoms with Gasteiger partial charge in [-0.2, -0.15) is 0 Å². The van der Waals surface area contributed by atoms with Crippen LogP contribution >= 0.6 is 0 Å². The third-order valence-electron chi connectivity index (χ3n) is 1.79. The summed E-state index contributed by atoms with van der Waals surface area (Å²) in [6.07, 6.45) is 0. The normalized spacial score (nSPS) is 19.9. The van der Waals surface area contributed by atoms with Crippen LogP contribution in [0.3, 0.4) is 0 Å². The average Bonchev–Trinajstić information content (AvgIpc) is 1.91. The van der Waals surface area contributed by atoms with Gasteiger partial charge >= 0.3 is 0 Å². The maximum Gasteiger partial charge on any atom is 0.236 e. The topological polar surface area (TPSA) is 58.4 Å². The zero-order valence-corrected chi connectivity index (χ0v) is 7.76. The molecule has 0 aromatic carbocycles. The molecule has 70 valence electrons. The van der Waals surface area contributed by atoms with Gasteiger partial charge in [-0.05, 0) is 13.8 Å². The van der Waals surface area contributed by atoms with Crippen LogP contribution in [0, 0.1) is 0 Å². The van der Waals surface area contributed by atoms with E-state index >= 15 is 0 Å². The molecule has 0 bridgehead atoms. The van der Waals surface area contributed by atoms with Gasteiger partial charge < -0.3 is 16.0 Å². The Morgan fingerprint density at radius 3 is 2.83 bits per heavy atom. The Hall–Kier alpha value is -0.610. The minimum Gasteiger partial charge on any atom is -0.338 e. The second kappa shape index (κ2) is 3.41. The van der Waals surface area contributed by atoms with Crippen molar-refractivity contribution in [1.82, 2.24) is 10.2 Å². The van der Waals surface area contributed by atoms with E-state index in [0.29, 0.717) is 13.1 Å². The van der Waals surface area contributed by atoms with Crippen molar-refractivity contribution < 1.29 is 4.79 Å². The minimum atomic E-state index is -0.285. The molecule has 0 atom stereocenters. The van der Waals surface area contributed by atoms with Crippen LogP contribution in [0.5, 0.6) is 0 Å². The second-order valence-corrected chi connectivity index (χ2v) is 3.98. The first kappa shape index (κ1) is 9.48. The molecular formula is C8H17N3O. The second-order valence-electron chi connectivity index (χ2n) is 3.98. The molecule has 0 aromatic rings. The lowest BCUT2D eigenvalue weighted by Crippen LogP contribution is -2.54. The number of hydrogen-bond acceptors (Lipinski definition) is 3. The number of carbonyl (C=O) groups is 1. The molecule has 3 N–H and O–H groups in total. The maximum absolute atomic E-state index is 11.3. The van der Waals surface area contributed by atoms with Crippen LogP contribution in [0.15, 0.2) is 0 Å². The van der Waals surface area contributed by atoms with Crippen molar-refractivity contribution in [1.29, 1.82) is 0 Å². The highest BCUT2D eigenvalue weighted by atomic mass is 16.2. The summed E-state index contributed by atoms with van der Waals surface area (Å²) in [4.78, 5) is 13.1. The van der Waals surface area contributed by atoms with Gasteiger partial charge in [0.1, 0.15) is 0 Å². The number of nitrogens with two attached hydrogens (primary N) is 1. The highest BCUT2D eigenvalue weighted by Crippen LogP contribution is 2.03. The summed E-state index contributed by atoms with van der Waals surface area (Å²) < 4.78 is 0. The standard InChI is InChI=1S/C8H17N3O/c1-8(2,9)6-11-4-3-10-5-7(11)12/h10H,3-6,9H2,1-2H3. The molecule has 1 rings (SSSR count). The molecule has 1 saturated heterocycles. The largest absolute Gasteiger partial charge is 0.338 e. The lowest BCUT2D eigenvalue weighted by molar-refractivity contribution is -0.132. The number of nitrogens with one attached hydrogen (secondary N) is 1. The molecule has 0 unspecified atom stereocenters. The highest BCUT2D eigenvalue weighted by Gasteiger charge is 2.22. The molecule has 1 aliphatic rings. The Kier molecular flexibility index (Phi) is 2.69. The zero-order valence-electron chi connectivity index (χ0n) is 7.76. The summed E-state index contributed by atoms with van der Waals surface area (Å²) >= 11 is 0. The fraction of sp³-hybridized carbons (Fsp3) is 0.875. The molecule has 1 aliphatic heterocycles. The SMILES string of the molecule is CC(C)(N)CN1CCNCC1=O. The van der Waals surface area contributed by atoms with E-state index in [1.165, 1.54) is 0 Å². The van der Waals surface area contributed by atoms with Crippen LogP contribution in [0.1, 0.15) is 13.8 Å². The van der Waals surface area contributed by atoms with Crippen molar-refractivity contribution in [3.05, 3.63) is 0 Å². The molecule has 1 fully saturated rings. The van der Waals surface area contributed by atoms with Crippen LogP contribution in [0.4, 0.5) is 0 Å². The van der Waals surface area contributed by atoms with E-state index in [1.54, 1.807) is 0 Å². The van der Waals surface area contributed by atoms with Crippen molar-refractivity contribution in [3.63, 3.8) is 0 Å². The van der Waals surface area contributed by atoms with Gasteiger partial charge in [0.05, 0.1) is 6.54 Å². The van der Waals surface area contributed by atoms with Crippen LogP contribution < -0.4 is 11.1 Å². The maximum atomic E-state index is 11.3. The Bertz CT molecular complexity index is 174. The van der Waals surface area contributed by atoms with Gasteiger partial charge in [-0.1, -0.05) is 0 Å². The summed E-state index contributed by atoms with van der Waals surface area (Å²) in [6.45, 7) is 6.62. The van der Waals surface area contributed by atoms with Crippen molar-refractivity contribution >= 4 is 5.91 Å². The van der Waals surface area contributed by atoms with Gasteiger partial charge in [0.15, 0.2) is 0 Å². The molecule has 1 heterocycles. The van der Waals surface area contributed by atoms with Gasteiger partial charge in [-0.3, -0.25) is 4.79 Å². The zero-order chi connectivity index (χ0) is 9.19. The molecule has 1 amide bonds. The molecular weight excluding hydrogens is 154 g/mol. The predicted octanol–water partition coefficient (Wildman–Crippen LogP) is -0.844. The van der Waals surface area contributed by atoms with Gasteiger partial charge in [0, 0.05) is 25.2 Å². The Balaban J connectivity index is 2.45. The van der Waals surface area contributed by atoms with Crippen molar-refractivity contribution in [2.75, 3.05) is 26.2 Å². The van der Waals surface area contributed by atoms with Gasteiger partial charge in [-0.25, -0.2) is 0 Å². The fourth-order valence-electron chi connectivity index (χ4n) is 1.30. The molecule has 0 aromatic heterocycles. The lowest BCUT2D eigenvalue weighted by Gasteiger charge is -2.32. The Morgan fingerprint density at radius 2 is 2.33 bits per heavy atom. The van der Waals surface area contributed by atoms with E-state index in [1.807, 2.05) is 18.7 Å². The summed E-state index contributed by atoms with van der Waals surface area (Å²) in [6, 6.07) is 0. The van der Waals surface area contributed by atoms with Crippen LogP contribution in [0.25, 0.3) is 0 Å². The van der Waals surface area contributed by atoms with Gasteiger partial charge in [0.2, 0.25) is 5.91 Å². The van der Waals surface area contributed by atoms with E-state index in [4.69, 9.17) is 5.73 Å². The van der Waals surface area contributed by atoms with Crippen molar-refractivity contribution in [3.8, 4) is 0 Å². The molecule has 0 radical (unpaired) electrons. The van der Waals surface area contributed by atoms with E-state index in [9.17, 15) is 4.79 Å². The Labute approximate surface area is 73.1 Å². The van der Waals surface area contributed by atoms with E-state index < -0.39 is 0 Å². The number of rotatable bonds is 2. The number of nitrogens with zero attached hydrogens (tertiary/aromatic N) is 1. The first-order chi connectivity index (χ1) is 5.49. The molecule has 12 heavy (non-hydrogen) atoms. The third-order valence-corrected chi connectivity index (χ3v) is 1.79. The number of carbonyl (C=O) groups excluding carboxylic acids is 1. The summed E-state index contributed by atoms with van der Waals surface area (Å²) in [5, 5.41) is 3.02. The van der Waals surface area contributed by atoms with Crippen LogP contribution in [0.2, 0.25) is 0 Å². The van der Waals surface area contributed by atoms with Gasteiger partial charge in [0.25, 0.3) is 0 Å². The lowest BCUT2D eigenvalue weighted by atomic mass is 10.1. The smallest absolute Gasteiger partial charge is 0.236 e. The van der Waals surface area contributed by atoms with E-state index in [0.717, 1.165) is 13.1 Å². The molecule has 4 nitrogen and oxygen atoms in total. The minimum absolute atomic E-state index is 0.153. The predicted molar refractivity (Wildman–Crippen MR) is 47.7 cm³/mol. The van der Waals surface area contributed by atoms with Crippen LogP contribution in [-0.4, -0.2) is 42.5 Å². The average molecular weight is 171 g/mol. The highest BCUT2D eigenvalue weighted by molar-refractivity contribution is 5.79. The molecule has 0 saturated carbocycles. The van der Waals surface area contributed by atoms with Crippen LogP contribution in [-0.2, 0) is 4.79 Å². The number of amides is 1. The summed E-state index contributed by atoms with van der Waals surface area (Å²) in [7, 11) is 0. The van der Waals surface area contributed by atoms with Crippen molar-refractivity contribution in [2.45, 2.75) is 19.4 Å². The van der Waals surface area contributed by atoms with E-state index in [-0.39, 0.29) is 11.4 Å². The summed E-state index contributed by atoms with van der Waals surface area (Å²) in [5.41, 5.74) is 5.53.